The molecule has 1 aliphatic heterocycles. The molecular formula is C15H23Cl2N3. The number of hydrogen-bond donors (Lipinski definition) is 1. The van der Waals surface area contributed by atoms with Crippen molar-refractivity contribution < 1.29 is 0 Å². The van der Waals surface area contributed by atoms with Crippen molar-refractivity contribution in [3.05, 3.63) is 35.5 Å². The van der Waals surface area contributed by atoms with Gasteiger partial charge >= 0.3 is 0 Å². The Labute approximate surface area is 133 Å². The van der Waals surface area contributed by atoms with E-state index in [1.807, 2.05) is 0 Å². The summed E-state index contributed by atoms with van der Waals surface area (Å²) in [6, 6.07) is 6.59. The van der Waals surface area contributed by atoms with Gasteiger partial charge in [0.1, 0.15) is 0 Å². The Balaban J connectivity index is 0.000001000. The van der Waals surface area contributed by atoms with Crippen LogP contribution in [0.1, 0.15) is 17.5 Å². The van der Waals surface area contributed by atoms with Gasteiger partial charge in [-0.2, -0.15) is 0 Å². The number of nitrogens with zero attached hydrogens (tertiary/aromatic N) is 2. The quantitative estimate of drug-likeness (QED) is 0.935. The van der Waals surface area contributed by atoms with E-state index in [9.17, 15) is 0 Å². The number of aromatic nitrogens is 1. The fourth-order valence-electron chi connectivity index (χ4n) is 2.90. The molecule has 20 heavy (non-hydrogen) atoms. The molecule has 3 rings (SSSR count). The number of H-pyrrole nitrogens is 1. The largest absolute Gasteiger partial charge is 0.361 e. The van der Waals surface area contributed by atoms with Gasteiger partial charge in [-0.25, -0.2) is 0 Å². The standard InChI is InChI=1S/C15H21N3.2ClH/c1-17(2)7-4-8-18-10-12-5-3-6-14-15(12)13(11-18)9-16-14;;/h3,5-6,9,16H,4,7-8,10-11H2,1-2H3;2*1H. The summed E-state index contributed by atoms with van der Waals surface area (Å²) in [5, 5.41) is 1.46. The van der Waals surface area contributed by atoms with Crippen molar-refractivity contribution in [3.63, 3.8) is 0 Å². The van der Waals surface area contributed by atoms with Gasteiger partial charge in [-0.3, -0.25) is 4.90 Å². The van der Waals surface area contributed by atoms with Crippen LogP contribution in [-0.4, -0.2) is 42.0 Å². The monoisotopic (exact) mass is 315 g/mol. The predicted molar refractivity (Wildman–Crippen MR) is 90.1 cm³/mol. The third kappa shape index (κ3) is 3.47. The van der Waals surface area contributed by atoms with E-state index in [0.717, 1.165) is 13.1 Å². The number of nitrogens with one attached hydrogen (secondary N) is 1. The van der Waals surface area contributed by atoms with E-state index in [1.54, 1.807) is 0 Å². The summed E-state index contributed by atoms with van der Waals surface area (Å²) in [5.74, 6) is 0. The second-order valence-electron chi connectivity index (χ2n) is 5.52. The van der Waals surface area contributed by atoms with Gasteiger partial charge in [-0.05, 0) is 44.3 Å². The molecule has 0 amide bonds. The van der Waals surface area contributed by atoms with Crippen LogP contribution in [0.4, 0.5) is 0 Å². The van der Waals surface area contributed by atoms with Crippen molar-refractivity contribution in [3.8, 4) is 0 Å². The Morgan fingerprint density at radius 1 is 1.15 bits per heavy atom. The minimum Gasteiger partial charge on any atom is -0.361 e. The smallest absolute Gasteiger partial charge is 0.0460 e. The Morgan fingerprint density at radius 3 is 2.65 bits per heavy atom. The van der Waals surface area contributed by atoms with Crippen LogP contribution in [-0.2, 0) is 13.1 Å². The minimum atomic E-state index is 0. The van der Waals surface area contributed by atoms with E-state index in [2.05, 4.69) is 53.3 Å². The van der Waals surface area contributed by atoms with E-state index >= 15 is 0 Å². The maximum Gasteiger partial charge on any atom is 0.0460 e. The Hall–Kier alpha value is -0.740. The molecule has 0 bridgehead atoms. The van der Waals surface area contributed by atoms with E-state index in [1.165, 1.54) is 41.5 Å². The molecular weight excluding hydrogens is 293 g/mol. The molecule has 1 aliphatic rings. The Kier molecular flexibility index (Phi) is 6.34. The lowest BCUT2D eigenvalue weighted by atomic mass is 10.0. The van der Waals surface area contributed by atoms with Crippen LogP contribution in [0.15, 0.2) is 24.4 Å². The van der Waals surface area contributed by atoms with Crippen molar-refractivity contribution >= 4 is 35.7 Å². The molecule has 0 saturated heterocycles. The van der Waals surface area contributed by atoms with Gasteiger partial charge in [0.2, 0.25) is 0 Å². The first-order chi connectivity index (χ1) is 8.74. The number of aromatic amines is 1. The summed E-state index contributed by atoms with van der Waals surface area (Å²) in [4.78, 5) is 8.19. The lowest BCUT2D eigenvalue weighted by Crippen LogP contribution is -2.28. The summed E-state index contributed by atoms with van der Waals surface area (Å²) in [6.07, 6.45) is 3.41. The van der Waals surface area contributed by atoms with Gasteiger partial charge in [0.25, 0.3) is 0 Å². The van der Waals surface area contributed by atoms with Crippen LogP contribution >= 0.6 is 24.8 Å². The molecule has 0 aliphatic carbocycles. The topological polar surface area (TPSA) is 22.3 Å². The van der Waals surface area contributed by atoms with Gasteiger partial charge < -0.3 is 9.88 Å². The van der Waals surface area contributed by atoms with Crippen molar-refractivity contribution in [2.45, 2.75) is 19.5 Å². The number of rotatable bonds is 4. The molecule has 0 atom stereocenters. The predicted octanol–water partition coefficient (Wildman–Crippen LogP) is 3.28. The SMILES string of the molecule is CN(C)CCCN1Cc2cccc3[nH]cc(c23)C1.Cl.Cl. The molecule has 2 heterocycles. The second-order valence-corrected chi connectivity index (χ2v) is 5.52. The van der Waals surface area contributed by atoms with Gasteiger partial charge in [-0.15, -0.1) is 24.8 Å². The van der Waals surface area contributed by atoms with Gasteiger partial charge in [0.15, 0.2) is 0 Å². The van der Waals surface area contributed by atoms with Crippen LogP contribution in [0, 0.1) is 0 Å². The highest BCUT2D eigenvalue weighted by atomic mass is 35.5. The fourth-order valence-corrected chi connectivity index (χ4v) is 2.90. The highest BCUT2D eigenvalue weighted by molar-refractivity contribution is 5.87. The lowest BCUT2D eigenvalue weighted by Gasteiger charge is -2.27. The molecule has 5 heteroatoms. The first kappa shape index (κ1) is 17.3. The average Bonchev–Trinajstić information content (AvgIpc) is 2.74. The molecule has 1 aromatic carbocycles. The van der Waals surface area contributed by atoms with Crippen LogP contribution < -0.4 is 0 Å². The maximum atomic E-state index is 3.38. The Bertz CT molecular complexity index is 551. The average molecular weight is 316 g/mol. The molecule has 0 spiro atoms. The molecule has 0 unspecified atom stereocenters. The summed E-state index contributed by atoms with van der Waals surface area (Å²) in [7, 11) is 4.28. The highest BCUT2D eigenvalue weighted by Crippen LogP contribution is 2.29. The minimum absolute atomic E-state index is 0. The van der Waals surface area contributed by atoms with Crippen LogP contribution in [0.3, 0.4) is 0 Å². The van der Waals surface area contributed by atoms with Crippen molar-refractivity contribution in [1.29, 1.82) is 0 Å². The van der Waals surface area contributed by atoms with Gasteiger partial charge in [0, 0.05) is 36.7 Å². The van der Waals surface area contributed by atoms with Crippen molar-refractivity contribution in [1.82, 2.24) is 14.8 Å². The normalized spacial score (nSPS) is 14.2. The van der Waals surface area contributed by atoms with Crippen LogP contribution in [0.2, 0.25) is 0 Å². The molecule has 1 N–H and O–H groups in total. The third-order valence-corrected chi connectivity index (χ3v) is 3.74. The summed E-state index contributed by atoms with van der Waals surface area (Å²) in [5.41, 5.74) is 4.21. The summed E-state index contributed by atoms with van der Waals surface area (Å²) >= 11 is 0. The zero-order valence-corrected chi connectivity index (χ0v) is 13.7. The molecule has 0 fully saturated rings. The molecule has 3 nitrogen and oxygen atoms in total. The first-order valence-electron chi connectivity index (χ1n) is 6.69. The number of halogens is 2. The Morgan fingerprint density at radius 2 is 1.90 bits per heavy atom. The van der Waals surface area contributed by atoms with Crippen molar-refractivity contribution in [2.24, 2.45) is 0 Å². The first-order valence-corrected chi connectivity index (χ1v) is 6.69. The summed E-state index contributed by atoms with van der Waals surface area (Å²) in [6.45, 7) is 4.53. The zero-order valence-electron chi connectivity index (χ0n) is 12.1. The van der Waals surface area contributed by atoms with E-state index in [0.29, 0.717) is 0 Å². The summed E-state index contributed by atoms with van der Waals surface area (Å²) < 4.78 is 0. The fraction of sp³-hybridized carbons (Fsp3) is 0.467. The molecule has 0 saturated carbocycles. The molecule has 1 aromatic heterocycles. The maximum absolute atomic E-state index is 3.38. The van der Waals surface area contributed by atoms with E-state index in [-0.39, 0.29) is 24.8 Å². The number of benzene rings is 1. The van der Waals surface area contributed by atoms with E-state index in [4.69, 9.17) is 0 Å². The van der Waals surface area contributed by atoms with Gasteiger partial charge in [0.05, 0.1) is 0 Å². The lowest BCUT2D eigenvalue weighted by molar-refractivity contribution is 0.236. The highest BCUT2D eigenvalue weighted by Gasteiger charge is 2.18. The van der Waals surface area contributed by atoms with Crippen molar-refractivity contribution in [2.75, 3.05) is 27.2 Å². The van der Waals surface area contributed by atoms with Crippen LogP contribution in [0.5, 0.6) is 0 Å². The van der Waals surface area contributed by atoms with Crippen LogP contribution in [0.25, 0.3) is 10.9 Å². The molecule has 0 radical (unpaired) electrons. The van der Waals surface area contributed by atoms with Gasteiger partial charge in [-0.1, -0.05) is 12.1 Å². The third-order valence-electron chi connectivity index (χ3n) is 3.74. The molecule has 112 valence electrons. The second kappa shape index (κ2) is 7.32. The number of hydrogen-bond acceptors (Lipinski definition) is 2. The molecule has 2 aromatic rings. The van der Waals surface area contributed by atoms with E-state index < -0.39 is 0 Å². The zero-order chi connectivity index (χ0) is 12.5.